The van der Waals surface area contributed by atoms with Gasteiger partial charge in [-0.3, -0.25) is 18.9 Å². The Morgan fingerprint density at radius 3 is 2.56 bits per heavy atom. The summed E-state index contributed by atoms with van der Waals surface area (Å²) < 4.78 is 4.85. The van der Waals surface area contributed by atoms with Crippen molar-refractivity contribution in [3.05, 3.63) is 50.1 Å². The number of fused-ring (bicyclic) bond motifs is 3. The normalized spacial score (nSPS) is 11.9. The molecule has 4 aromatic rings. The van der Waals surface area contributed by atoms with E-state index in [4.69, 9.17) is 11.6 Å². The van der Waals surface area contributed by atoms with Crippen LogP contribution >= 0.6 is 11.6 Å². The van der Waals surface area contributed by atoms with Crippen molar-refractivity contribution in [1.29, 1.82) is 0 Å². The molecule has 4 rings (SSSR count). The van der Waals surface area contributed by atoms with E-state index in [2.05, 4.69) is 15.2 Å². The van der Waals surface area contributed by atoms with E-state index in [1.165, 1.54) is 4.57 Å². The first-order chi connectivity index (χ1) is 11.9. The zero-order valence-corrected chi connectivity index (χ0v) is 14.6. The Hall–Kier alpha value is -2.87. The van der Waals surface area contributed by atoms with Crippen LogP contribution in [0.1, 0.15) is 19.9 Å². The summed E-state index contributed by atoms with van der Waals surface area (Å²) in [6.07, 6.45) is 0. The van der Waals surface area contributed by atoms with Crippen LogP contribution in [0.4, 0.5) is 0 Å². The number of aromatic nitrogens is 6. The van der Waals surface area contributed by atoms with Gasteiger partial charge in [-0.2, -0.15) is 0 Å². The molecule has 0 amide bonds. The minimum Gasteiger partial charge on any atom is -0.300 e. The predicted octanol–water partition coefficient (Wildman–Crippen LogP) is 1.97. The molecule has 3 heterocycles. The van der Waals surface area contributed by atoms with Gasteiger partial charge in [0.2, 0.25) is 5.78 Å². The molecule has 0 unspecified atom stereocenters. The standard InChI is InChI=1S/C16H15ClN6O2/c1-8(2)22-11-13(24)18-16(25)21(3)14(11)23-12(19-20-15(22)23)9-6-4-5-7-10(9)17/h4-8H,1-3H3,(H,18,24,25). The number of hydrogen-bond acceptors (Lipinski definition) is 4. The van der Waals surface area contributed by atoms with Gasteiger partial charge in [0.1, 0.15) is 0 Å². The molecule has 0 aliphatic carbocycles. The molecule has 0 saturated heterocycles. The van der Waals surface area contributed by atoms with E-state index >= 15 is 0 Å². The number of H-pyrrole nitrogens is 1. The van der Waals surface area contributed by atoms with Crippen LogP contribution in [0.2, 0.25) is 5.02 Å². The molecule has 9 heteroatoms. The van der Waals surface area contributed by atoms with Gasteiger partial charge < -0.3 is 0 Å². The molecular formula is C16H15ClN6O2. The third kappa shape index (κ3) is 2.07. The lowest BCUT2D eigenvalue weighted by molar-refractivity contribution is 0.628. The number of aryl methyl sites for hydroxylation is 1. The maximum atomic E-state index is 12.5. The fraction of sp³-hybridized carbons (Fsp3) is 0.250. The molecule has 0 spiro atoms. The van der Waals surface area contributed by atoms with E-state index in [-0.39, 0.29) is 6.04 Å². The number of nitrogens with zero attached hydrogens (tertiary/aromatic N) is 5. The maximum Gasteiger partial charge on any atom is 0.329 e. The van der Waals surface area contributed by atoms with E-state index in [1.807, 2.05) is 32.0 Å². The van der Waals surface area contributed by atoms with E-state index < -0.39 is 11.2 Å². The van der Waals surface area contributed by atoms with Crippen LogP contribution in [0.15, 0.2) is 33.9 Å². The lowest BCUT2D eigenvalue weighted by atomic mass is 10.2. The van der Waals surface area contributed by atoms with Crippen molar-refractivity contribution < 1.29 is 0 Å². The van der Waals surface area contributed by atoms with Crippen molar-refractivity contribution in [1.82, 2.24) is 28.7 Å². The summed E-state index contributed by atoms with van der Waals surface area (Å²) in [5.74, 6) is 0.956. The molecule has 0 aliphatic heterocycles. The van der Waals surface area contributed by atoms with Crippen LogP contribution in [0.3, 0.4) is 0 Å². The Balaban J connectivity index is 2.30. The Morgan fingerprint density at radius 1 is 1.16 bits per heavy atom. The first kappa shape index (κ1) is 15.6. The zero-order valence-electron chi connectivity index (χ0n) is 13.8. The molecule has 3 aromatic heterocycles. The zero-order chi connectivity index (χ0) is 17.9. The Kier molecular flexibility index (Phi) is 3.33. The Morgan fingerprint density at radius 2 is 1.88 bits per heavy atom. The summed E-state index contributed by atoms with van der Waals surface area (Å²) in [5.41, 5.74) is 0.515. The SMILES string of the molecule is CC(C)n1c2c(=O)[nH]c(=O)n(C)c2n2c(-c3ccccc3Cl)nnc12. The number of aromatic amines is 1. The van der Waals surface area contributed by atoms with Gasteiger partial charge in [0.25, 0.3) is 5.56 Å². The van der Waals surface area contributed by atoms with Crippen LogP contribution < -0.4 is 11.2 Å². The number of rotatable bonds is 2. The van der Waals surface area contributed by atoms with Crippen molar-refractivity contribution >= 4 is 28.5 Å². The third-order valence-corrected chi connectivity index (χ3v) is 4.54. The smallest absolute Gasteiger partial charge is 0.300 e. The van der Waals surface area contributed by atoms with Gasteiger partial charge in [0, 0.05) is 18.7 Å². The summed E-state index contributed by atoms with van der Waals surface area (Å²) in [4.78, 5) is 27.0. The molecule has 0 fully saturated rings. The predicted molar refractivity (Wildman–Crippen MR) is 95.2 cm³/mol. The van der Waals surface area contributed by atoms with Gasteiger partial charge in [0.15, 0.2) is 17.0 Å². The number of nitrogens with one attached hydrogen (secondary N) is 1. The van der Waals surface area contributed by atoms with E-state index in [0.717, 1.165) is 0 Å². The largest absolute Gasteiger partial charge is 0.329 e. The third-order valence-electron chi connectivity index (χ3n) is 4.21. The van der Waals surface area contributed by atoms with Crippen molar-refractivity contribution in [2.45, 2.75) is 19.9 Å². The second-order valence-electron chi connectivity index (χ2n) is 6.09. The van der Waals surface area contributed by atoms with Crippen LogP contribution in [-0.2, 0) is 7.05 Å². The minimum absolute atomic E-state index is 0.0538. The quantitative estimate of drug-likeness (QED) is 0.593. The molecule has 1 aromatic carbocycles. The molecule has 0 aliphatic rings. The number of hydrogen-bond donors (Lipinski definition) is 1. The van der Waals surface area contributed by atoms with Crippen molar-refractivity contribution in [2.24, 2.45) is 7.05 Å². The van der Waals surface area contributed by atoms with E-state index in [9.17, 15) is 9.59 Å². The van der Waals surface area contributed by atoms with Gasteiger partial charge in [-0.25, -0.2) is 9.20 Å². The average Bonchev–Trinajstić information content (AvgIpc) is 3.11. The van der Waals surface area contributed by atoms with Gasteiger partial charge in [-0.05, 0) is 26.0 Å². The van der Waals surface area contributed by atoms with Crippen LogP contribution in [0.5, 0.6) is 0 Å². The van der Waals surface area contributed by atoms with Gasteiger partial charge in [0.05, 0.1) is 5.02 Å². The van der Waals surface area contributed by atoms with Gasteiger partial charge in [-0.1, -0.05) is 23.7 Å². The highest BCUT2D eigenvalue weighted by atomic mass is 35.5. The fourth-order valence-corrected chi connectivity index (χ4v) is 3.32. The summed E-state index contributed by atoms with van der Waals surface area (Å²) >= 11 is 6.31. The summed E-state index contributed by atoms with van der Waals surface area (Å²) in [7, 11) is 1.60. The molecule has 0 radical (unpaired) electrons. The Labute approximate surface area is 146 Å². The highest BCUT2D eigenvalue weighted by molar-refractivity contribution is 6.33. The lowest BCUT2D eigenvalue weighted by Crippen LogP contribution is -2.29. The second kappa shape index (κ2) is 5.32. The maximum absolute atomic E-state index is 12.5. The van der Waals surface area contributed by atoms with E-state index in [0.29, 0.717) is 33.4 Å². The van der Waals surface area contributed by atoms with Crippen LogP contribution in [0.25, 0.3) is 28.3 Å². The van der Waals surface area contributed by atoms with Crippen LogP contribution in [0, 0.1) is 0 Å². The molecule has 1 N–H and O–H groups in total. The Bertz CT molecular complexity index is 1240. The fourth-order valence-electron chi connectivity index (χ4n) is 3.10. The molecular weight excluding hydrogens is 344 g/mol. The average molecular weight is 359 g/mol. The number of halogens is 1. The lowest BCUT2D eigenvalue weighted by Gasteiger charge is -2.07. The summed E-state index contributed by atoms with van der Waals surface area (Å²) in [5, 5.41) is 9.03. The van der Waals surface area contributed by atoms with Crippen LogP contribution in [-0.4, -0.2) is 28.7 Å². The van der Waals surface area contributed by atoms with Crippen molar-refractivity contribution in [3.8, 4) is 11.4 Å². The molecule has 0 atom stereocenters. The minimum atomic E-state index is -0.501. The topological polar surface area (TPSA) is 90.0 Å². The van der Waals surface area contributed by atoms with Gasteiger partial charge in [-0.15, -0.1) is 10.2 Å². The first-order valence-corrected chi connectivity index (χ1v) is 8.13. The second-order valence-corrected chi connectivity index (χ2v) is 6.50. The molecule has 8 nitrogen and oxygen atoms in total. The van der Waals surface area contributed by atoms with E-state index in [1.54, 1.807) is 22.1 Å². The molecule has 25 heavy (non-hydrogen) atoms. The number of imidazole rings is 1. The molecule has 0 saturated carbocycles. The summed E-state index contributed by atoms with van der Waals surface area (Å²) in [6, 6.07) is 7.19. The highest BCUT2D eigenvalue weighted by Crippen LogP contribution is 2.30. The number of benzene rings is 1. The van der Waals surface area contributed by atoms with Gasteiger partial charge >= 0.3 is 5.69 Å². The molecule has 0 bridgehead atoms. The highest BCUT2D eigenvalue weighted by Gasteiger charge is 2.24. The first-order valence-electron chi connectivity index (χ1n) is 7.75. The van der Waals surface area contributed by atoms with Crippen molar-refractivity contribution in [3.63, 3.8) is 0 Å². The van der Waals surface area contributed by atoms with Crippen molar-refractivity contribution in [2.75, 3.05) is 0 Å². The monoisotopic (exact) mass is 358 g/mol. The summed E-state index contributed by atoms with van der Waals surface area (Å²) in [6.45, 7) is 3.88. The molecule has 128 valence electrons.